The summed E-state index contributed by atoms with van der Waals surface area (Å²) in [4.78, 5) is 3.53. The van der Waals surface area contributed by atoms with Crippen LogP contribution in [0.5, 0.6) is 0 Å². The molecule has 0 radical (unpaired) electrons. The van der Waals surface area contributed by atoms with E-state index < -0.39 is 15.8 Å². The minimum absolute atomic E-state index is 0.130. The van der Waals surface area contributed by atoms with Crippen LogP contribution < -0.4 is 4.72 Å². The van der Waals surface area contributed by atoms with E-state index in [1.54, 1.807) is 6.92 Å². The summed E-state index contributed by atoms with van der Waals surface area (Å²) >= 11 is 0. The predicted octanol–water partition coefficient (Wildman–Crippen LogP) is 3.93. The van der Waals surface area contributed by atoms with Crippen molar-refractivity contribution in [2.24, 2.45) is 0 Å². The van der Waals surface area contributed by atoms with Crippen molar-refractivity contribution in [2.75, 3.05) is 6.54 Å². The normalized spacial score (nSPS) is 16.1. The Hall–Kier alpha value is -2.18. The van der Waals surface area contributed by atoms with Gasteiger partial charge in [-0.25, -0.2) is 17.5 Å². The number of halogens is 1. The zero-order valence-electron chi connectivity index (χ0n) is 14.8. The number of aromatic amines is 1. The second-order valence-electron chi connectivity index (χ2n) is 7.19. The summed E-state index contributed by atoms with van der Waals surface area (Å²) < 4.78 is 41.5. The van der Waals surface area contributed by atoms with Gasteiger partial charge in [0.15, 0.2) is 0 Å². The topological polar surface area (TPSA) is 62.0 Å². The number of H-pyrrole nitrogens is 1. The van der Waals surface area contributed by atoms with Crippen LogP contribution >= 0.6 is 0 Å². The van der Waals surface area contributed by atoms with E-state index in [1.165, 1.54) is 23.8 Å². The Bertz CT molecular complexity index is 1100. The van der Waals surface area contributed by atoms with Gasteiger partial charge in [0.25, 0.3) is 0 Å². The third kappa shape index (κ3) is 2.83. The standard InChI is InChI=1S/C20H21FN2O2S/c1-13-11-15(21)7-8-18(13)26(24,25)22-12-20(9-10-20)19-14(2)23-17-6-4-3-5-16(17)19/h3-8,11,22-23H,9-10,12H2,1-2H3. The number of para-hydroxylation sites is 1. The van der Waals surface area contributed by atoms with Gasteiger partial charge in [-0.3, -0.25) is 0 Å². The van der Waals surface area contributed by atoms with Gasteiger partial charge in [-0.1, -0.05) is 18.2 Å². The Morgan fingerprint density at radius 1 is 1.15 bits per heavy atom. The lowest BCUT2D eigenvalue weighted by Gasteiger charge is -2.18. The first-order valence-electron chi connectivity index (χ1n) is 8.66. The highest BCUT2D eigenvalue weighted by atomic mass is 32.2. The van der Waals surface area contributed by atoms with E-state index in [9.17, 15) is 12.8 Å². The van der Waals surface area contributed by atoms with Gasteiger partial charge in [-0.15, -0.1) is 0 Å². The number of hydrogen-bond donors (Lipinski definition) is 2. The van der Waals surface area contributed by atoms with Crippen LogP contribution in [0.1, 0.15) is 29.7 Å². The zero-order chi connectivity index (χ0) is 18.5. The molecule has 1 fully saturated rings. The molecule has 0 unspecified atom stereocenters. The second kappa shape index (κ2) is 5.93. The van der Waals surface area contributed by atoms with Gasteiger partial charge in [0.2, 0.25) is 10.0 Å². The number of fused-ring (bicyclic) bond motifs is 1. The summed E-state index contributed by atoms with van der Waals surface area (Å²) in [5, 5.41) is 1.15. The third-order valence-corrected chi connectivity index (χ3v) is 6.87. The molecule has 1 aliphatic carbocycles. The minimum Gasteiger partial charge on any atom is -0.358 e. The van der Waals surface area contributed by atoms with Crippen molar-refractivity contribution < 1.29 is 12.8 Å². The number of nitrogens with one attached hydrogen (secondary N) is 2. The Morgan fingerprint density at radius 3 is 2.58 bits per heavy atom. The maximum absolute atomic E-state index is 13.3. The fourth-order valence-electron chi connectivity index (χ4n) is 3.85. The second-order valence-corrected chi connectivity index (χ2v) is 8.92. The molecule has 0 bridgehead atoms. The van der Waals surface area contributed by atoms with E-state index in [2.05, 4.69) is 15.8 Å². The fraction of sp³-hybridized carbons (Fsp3) is 0.300. The van der Waals surface area contributed by atoms with Gasteiger partial charge >= 0.3 is 0 Å². The summed E-state index contributed by atoms with van der Waals surface area (Å²) in [7, 11) is -3.68. The molecular formula is C20H21FN2O2S. The van der Waals surface area contributed by atoms with Gasteiger partial charge in [0.1, 0.15) is 5.82 Å². The molecule has 0 spiro atoms. The molecule has 1 aliphatic rings. The van der Waals surface area contributed by atoms with Crippen molar-refractivity contribution in [3.63, 3.8) is 0 Å². The summed E-state index contributed by atoms with van der Waals surface area (Å²) in [6.07, 6.45) is 1.89. The molecule has 4 rings (SSSR count). The first kappa shape index (κ1) is 17.2. The van der Waals surface area contributed by atoms with E-state index in [0.29, 0.717) is 12.1 Å². The molecule has 1 aromatic heterocycles. The predicted molar refractivity (Wildman–Crippen MR) is 100 cm³/mol. The van der Waals surface area contributed by atoms with Crippen LogP contribution in [-0.4, -0.2) is 19.9 Å². The van der Waals surface area contributed by atoms with Crippen molar-refractivity contribution in [3.05, 3.63) is 65.1 Å². The summed E-state index contributed by atoms with van der Waals surface area (Å²) in [5.74, 6) is -0.436. The SMILES string of the molecule is Cc1cc(F)ccc1S(=O)(=O)NCC1(c2c(C)[nH]c3ccccc23)CC1. The quantitative estimate of drug-likeness (QED) is 0.713. The smallest absolute Gasteiger partial charge is 0.240 e. The highest BCUT2D eigenvalue weighted by Gasteiger charge is 2.47. The van der Waals surface area contributed by atoms with E-state index in [-0.39, 0.29) is 10.3 Å². The number of hydrogen-bond acceptors (Lipinski definition) is 2. The maximum atomic E-state index is 13.3. The third-order valence-electron chi connectivity index (χ3n) is 5.30. The monoisotopic (exact) mass is 372 g/mol. The molecule has 2 aromatic carbocycles. The zero-order valence-corrected chi connectivity index (χ0v) is 15.6. The average molecular weight is 372 g/mol. The molecule has 6 heteroatoms. The van der Waals surface area contributed by atoms with Crippen LogP contribution in [0.25, 0.3) is 10.9 Å². The van der Waals surface area contributed by atoms with Gasteiger partial charge in [0, 0.05) is 28.6 Å². The Kier molecular flexibility index (Phi) is 3.93. The number of benzene rings is 2. The first-order valence-corrected chi connectivity index (χ1v) is 10.1. The maximum Gasteiger partial charge on any atom is 0.240 e. The van der Waals surface area contributed by atoms with E-state index in [0.717, 1.165) is 29.4 Å². The first-order chi connectivity index (χ1) is 12.3. The number of aryl methyl sites for hydroxylation is 2. The molecule has 1 saturated carbocycles. The highest BCUT2D eigenvalue weighted by molar-refractivity contribution is 7.89. The van der Waals surface area contributed by atoms with Crippen molar-refractivity contribution in [2.45, 2.75) is 37.0 Å². The van der Waals surface area contributed by atoms with Crippen LogP contribution in [0.3, 0.4) is 0 Å². The molecule has 0 aliphatic heterocycles. The molecule has 2 N–H and O–H groups in total. The van der Waals surface area contributed by atoms with E-state index >= 15 is 0 Å². The van der Waals surface area contributed by atoms with Gasteiger partial charge in [-0.05, 0) is 62.1 Å². The highest BCUT2D eigenvalue weighted by Crippen LogP contribution is 2.51. The van der Waals surface area contributed by atoms with Crippen molar-refractivity contribution >= 4 is 20.9 Å². The fourth-order valence-corrected chi connectivity index (χ4v) is 5.20. The molecular weight excluding hydrogens is 351 g/mol. The van der Waals surface area contributed by atoms with Crippen LogP contribution in [0.4, 0.5) is 4.39 Å². The molecule has 0 atom stereocenters. The molecule has 26 heavy (non-hydrogen) atoms. The molecule has 136 valence electrons. The van der Waals surface area contributed by atoms with E-state index in [4.69, 9.17) is 0 Å². The molecule has 0 amide bonds. The van der Waals surface area contributed by atoms with Crippen molar-refractivity contribution in [3.8, 4) is 0 Å². The van der Waals surface area contributed by atoms with Crippen molar-refractivity contribution in [1.29, 1.82) is 0 Å². The van der Waals surface area contributed by atoms with Crippen LogP contribution in [-0.2, 0) is 15.4 Å². The van der Waals surface area contributed by atoms with Crippen LogP contribution in [0, 0.1) is 19.7 Å². The van der Waals surface area contributed by atoms with Crippen molar-refractivity contribution in [1.82, 2.24) is 9.71 Å². The largest absolute Gasteiger partial charge is 0.358 e. The molecule has 0 saturated heterocycles. The Labute approximate surface area is 152 Å². The van der Waals surface area contributed by atoms with Gasteiger partial charge < -0.3 is 4.98 Å². The minimum atomic E-state index is -3.68. The summed E-state index contributed by atoms with van der Waals surface area (Å²) in [5.41, 5.74) is 3.59. The van der Waals surface area contributed by atoms with Crippen LogP contribution in [0.15, 0.2) is 47.4 Å². The number of aromatic nitrogens is 1. The Balaban J connectivity index is 1.64. The molecule has 3 aromatic rings. The summed E-state index contributed by atoms with van der Waals surface area (Å²) in [6.45, 7) is 3.98. The average Bonchev–Trinajstić information content (AvgIpc) is 3.28. The molecule has 1 heterocycles. The van der Waals surface area contributed by atoms with Gasteiger partial charge in [-0.2, -0.15) is 0 Å². The number of sulfonamides is 1. The Morgan fingerprint density at radius 2 is 1.88 bits per heavy atom. The summed E-state index contributed by atoms with van der Waals surface area (Å²) in [6, 6.07) is 11.8. The number of rotatable bonds is 5. The lowest BCUT2D eigenvalue weighted by molar-refractivity contribution is 0.565. The lowest BCUT2D eigenvalue weighted by Crippen LogP contribution is -2.33. The lowest BCUT2D eigenvalue weighted by atomic mass is 9.93. The van der Waals surface area contributed by atoms with E-state index in [1.807, 2.05) is 25.1 Å². The van der Waals surface area contributed by atoms with Gasteiger partial charge in [0.05, 0.1) is 4.90 Å². The molecule has 4 nitrogen and oxygen atoms in total. The van der Waals surface area contributed by atoms with Crippen LogP contribution in [0.2, 0.25) is 0 Å².